The summed E-state index contributed by atoms with van der Waals surface area (Å²) in [5.74, 6) is -0.103. The standard InChI is InChI=1S/C19H26N4O2/c24-17-8-4-3-7-16(17)23-11-9-13(10-12-23)20-19(25)18-14-5-1-2-6-15(14)21-22-18/h1-2,5-6,13,16-17,24H,3-4,7-12H2,(H,20,25)(H,21,22). The predicted octanol–water partition coefficient (Wildman–Crippen LogP) is 2.06. The molecular formula is C19H26N4O2. The van der Waals surface area contributed by atoms with Crippen molar-refractivity contribution < 1.29 is 9.90 Å². The van der Waals surface area contributed by atoms with Crippen LogP contribution in [0.25, 0.3) is 10.9 Å². The molecule has 0 radical (unpaired) electrons. The summed E-state index contributed by atoms with van der Waals surface area (Å²) < 4.78 is 0. The number of aliphatic hydroxyl groups is 1. The van der Waals surface area contributed by atoms with Crippen LogP contribution in [0.2, 0.25) is 0 Å². The molecule has 1 aromatic carbocycles. The minimum Gasteiger partial charge on any atom is -0.391 e. The van der Waals surface area contributed by atoms with Gasteiger partial charge in [0.25, 0.3) is 5.91 Å². The Hall–Kier alpha value is -1.92. The van der Waals surface area contributed by atoms with Crippen LogP contribution in [0.3, 0.4) is 0 Å². The summed E-state index contributed by atoms with van der Waals surface area (Å²) in [6, 6.07) is 8.18. The average Bonchev–Trinajstić information content (AvgIpc) is 3.07. The molecule has 1 aliphatic carbocycles. The lowest BCUT2D eigenvalue weighted by Gasteiger charge is -2.41. The van der Waals surface area contributed by atoms with Crippen molar-refractivity contribution in [2.24, 2.45) is 0 Å². The number of piperidine rings is 1. The molecule has 134 valence electrons. The van der Waals surface area contributed by atoms with E-state index in [0.29, 0.717) is 11.7 Å². The molecule has 2 fully saturated rings. The first kappa shape index (κ1) is 16.5. The first-order valence-electron chi connectivity index (χ1n) is 9.38. The first-order valence-corrected chi connectivity index (χ1v) is 9.38. The molecule has 1 saturated carbocycles. The Bertz CT molecular complexity index is 736. The quantitative estimate of drug-likeness (QED) is 0.797. The van der Waals surface area contributed by atoms with Crippen LogP contribution >= 0.6 is 0 Å². The third kappa shape index (κ3) is 3.41. The molecule has 0 spiro atoms. The molecule has 1 saturated heterocycles. The fraction of sp³-hybridized carbons (Fsp3) is 0.579. The molecule has 2 aliphatic rings. The molecule has 0 bridgehead atoms. The molecular weight excluding hydrogens is 316 g/mol. The monoisotopic (exact) mass is 342 g/mol. The number of aromatic nitrogens is 2. The molecule has 1 aromatic heterocycles. The minimum atomic E-state index is -0.185. The van der Waals surface area contributed by atoms with Crippen LogP contribution in [0.4, 0.5) is 0 Å². The first-order chi connectivity index (χ1) is 12.2. The number of hydrogen-bond donors (Lipinski definition) is 3. The van der Waals surface area contributed by atoms with Crippen LogP contribution in [0.1, 0.15) is 49.0 Å². The van der Waals surface area contributed by atoms with E-state index in [1.165, 1.54) is 6.42 Å². The van der Waals surface area contributed by atoms with E-state index in [0.717, 1.165) is 56.1 Å². The average molecular weight is 342 g/mol. The Labute approximate surface area is 147 Å². The van der Waals surface area contributed by atoms with Crippen molar-refractivity contribution in [3.05, 3.63) is 30.0 Å². The van der Waals surface area contributed by atoms with E-state index in [1.807, 2.05) is 24.3 Å². The zero-order valence-corrected chi connectivity index (χ0v) is 14.4. The maximum absolute atomic E-state index is 12.6. The molecule has 2 aromatic rings. The fourth-order valence-corrected chi connectivity index (χ4v) is 4.28. The van der Waals surface area contributed by atoms with E-state index in [4.69, 9.17) is 0 Å². The number of likely N-dealkylation sites (tertiary alicyclic amines) is 1. The Morgan fingerprint density at radius 2 is 1.92 bits per heavy atom. The number of para-hydroxylation sites is 1. The van der Waals surface area contributed by atoms with Gasteiger partial charge in [-0.05, 0) is 31.7 Å². The van der Waals surface area contributed by atoms with Crippen molar-refractivity contribution >= 4 is 16.8 Å². The van der Waals surface area contributed by atoms with Gasteiger partial charge in [-0.15, -0.1) is 0 Å². The number of aliphatic hydroxyl groups excluding tert-OH is 1. The van der Waals surface area contributed by atoms with Gasteiger partial charge in [0.1, 0.15) is 0 Å². The second kappa shape index (κ2) is 7.14. The van der Waals surface area contributed by atoms with Gasteiger partial charge in [0.15, 0.2) is 5.69 Å². The Morgan fingerprint density at radius 3 is 2.72 bits per heavy atom. The van der Waals surface area contributed by atoms with Crippen molar-refractivity contribution in [1.29, 1.82) is 0 Å². The van der Waals surface area contributed by atoms with E-state index in [9.17, 15) is 9.90 Å². The minimum absolute atomic E-state index is 0.103. The van der Waals surface area contributed by atoms with Crippen molar-refractivity contribution in [2.75, 3.05) is 13.1 Å². The van der Waals surface area contributed by atoms with Gasteiger partial charge in [-0.25, -0.2) is 0 Å². The third-order valence-electron chi connectivity index (χ3n) is 5.71. The second-order valence-electron chi connectivity index (χ2n) is 7.32. The number of aromatic amines is 1. The lowest BCUT2D eigenvalue weighted by molar-refractivity contribution is 0.00727. The fourth-order valence-electron chi connectivity index (χ4n) is 4.28. The van der Waals surface area contributed by atoms with Crippen LogP contribution in [-0.2, 0) is 0 Å². The van der Waals surface area contributed by atoms with E-state index in [-0.39, 0.29) is 18.1 Å². The number of amides is 1. The molecule has 1 amide bonds. The van der Waals surface area contributed by atoms with Crippen LogP contribution in [-0.4, -0.2) is 57.4 Å². The van der Waals surface area contributed by atoms with Gasteiger partial charge in [0.05, 0.1) is 11.6 Å². The zero-order chi connectivity index (χ0) is 17.2. The van der Waals surface area contributed by atoms with Gasteiger partial charge in [-0.2, -0.15) is 5.10 Å². The number of rotatable bonds is 3. The van der Waals surface area contributed by atoms with Crippen LogP contribution < -0.4 is 5.32 Å². The van der Waals surface area contributed by atoms with Crippen LogP contribution in [0.15, 0.2) is 24.3 Å². The van der Waals surface area contributed by atoms with Crippen molar-refractivity contribution in [3.63, 3.8) is 0 Å². The number of fused-ring (bicyclic) bond motifs is 1. The van der Waals surface area contributed by atoms with Crippen LogP contribution in [0.5, 0.6) is 0 Å². The molecule has 2 unspecified atom stereocenters. The normalized spacial score (nSPS) is 26.0. The lowest BCUT2D eigenvalue weighted by Crippen LogP contribution is -2.52. The smallest absolute Gasteiger partial charge is 0.272 e. The van der Waals surface area contributed by atoms with Gasteiger partial charge >= 0.3 is 0 Å². The number of H-pyrrole nitrogens is 1. The van der Waals surface area contributed by atoms with Crippen molar-refractivity contribution in [2.45, 2.75) is 56.7 Å². The molecule has 6 heteroatoms. The highest BCUT2D eigenvalue weighted by atomic mass is 16.3. The third-order valence-corrected chi connectivity index (χ3v) is 5.71. The Balaban J connectivity index is 1.34. The Morgan fingerprint density at radius 1 is 1.16 bits per heavy atom. The summed E-state index contributed by atoms with van der Waals surface area (Å²) in [5.41, 5.74) is 1.36. The molecule has 2 heterocycles. The summed E-state index contributed by atoms with van der Waals surface area (Å²) in [6.45, 7) is 1.88. The summed E-state index contributed by atoms with van der Waals surface area (Å²) in [7, 11) is 0. The molecule has 1 aliphatic heterocycles. The topological polar surface area (TPSA) is 81.2 Å². The zero-order valence-electron chi connectivity index (χ0n) is 14.4. The molecule has 25 heavy (non-hydrogen) atoms. The highest BCUT2D eigenvalue weighted by Gasteiger charge is 2.32. The maximum Gasteiger partial charge on any atom is 0.272 e. The Kier molecular flexibility index (Phi) is 4.72. The summed E-state index contributed by atoms with van der Waals surface area (Å²) in [4.78, 5) is 15.0. The number of benzene rings is 1. The van der Waals surface area contributed by atoms with Gasteiger partial charge in [-0.1, -0.05) is 31.0 Å². The number of hydrogen-bond acceptors (Lipinski definition) is 4. The van der Waals surface area contributed by atoms with E-state index < -0.39 is 0 Å². The molecule has 4 rings (SSSR count). The van der Waals surface area contributed by atoms with Crippen molar-refractivity contribution in [3.8, 4) is 0 Å². The van der Waals surface area contributed by atoms with Gasteiger partial charge in [0.2, 0.25) is 0 Å². The molecule has 6 nitrogen and oxygen atoms in total. The van der Waals surface area contributed by atoms with Gasteiger partial charge in [0, 0.05) is 30.6 Å². The number of nitrogens with zero attached hydrogens (tertiary/aromatic N) is 2. The van der Waals surface area contributed by atoms with E-state index in [2.05, 4.69) is 20.4 Å². The highest BCUT2D eigenvalue weighted by molar-refractivity contribution is 6.04. The summed E-state index contributed by atoms with van der Waals surface area (Å²) in [6.07, 6.45) is 6.04. The van der Waals surface area contributed by atoms with Gasteiger partial charge in [-0.3, -0.25) is 14.8 Å². The largest absolute Gasteiger partial charge is 0.391 e. The summed E-state index contributed by atoms with van der Waals surface area (Å²) >= 11 is 0. The predicted molar refractivity (Wildman–Crippen MR) is 96.4 cm³/mol. The maximum atomic E-state index is 12.6. The SMILES string of the molecule is O=C(NC1CCN(C2CCCCC2O)CC1)c1n[nH]c2ccccc12. The molecule has 3 N–H and O–H groups in total. The lowest BCUT2D eigenvalue weighted by atomic mass is 9.89. The number of carbonyl (C=O) groups excluding carboxylic acids is 1. The van der Waals surface area contributed by atoms with Crippen molar-refractivity contribution in [1.82, 2.24) is 20.4 Å². The molecule has 2 atom stereocenters. The summed E-state index contributed by atoms with van der Waals surface area (Å²) in [5, 5.41) is 21.3. The van der Waals surface area contributed by atoms with E-state index in [1.54, 1.807) is 0 Å². The van der Waals surface area contributed by atoms with E-state index >= 15 is 0 Å². The highest BCUT2D eigenvalue weighted by Crippen LogP contribution is 2.26. The van der Waals surface area contributed by atoms with Crippen LogP contribution in [0, 0.1) is 0 Å². The second-order valence-corrected chi connectivity index (χ2v) is 7.32. The van der Waals surface area contributed by atoms with Gasteiger partial charge < -0.3 is 10.4 Å². The number of carbonyl (C=O) groups is 1. The number of nitrogens with one attached hydrogen (secondary N) is 2.